The number of β-lactam (4-membered cyclic amide) rings is 1. The maximum Gasteiger partial charge on any atom is 0.259 e. The van der Waals surface area contributed by atoms with Gasteiger partial charge in [0.25, 0.3) is 11.8 Å². The smallest absolute Gasteiger partial charge is 0.259 e. The number of nitrogens with one attached hydrogen (secondary N) is 2. The SMILES string of the molecule is O=C(CSc1cc(Cl)ccc1Cl)N[C@@H]1C(=O)N2C(C(=O)[O-])=C(C[n+]3cccc(C(=O)NCO)c3)CS[C@H]12. The molecule has 3 amide bonds. The van der Waals surface area contributed by atoms with Gasteiger partial charge in [-0.05, 0) is 24.3 Å². The first kappa shape index (κ1) is 27.3. The molecule has 0 spiro atoms. The number of hydrogen-bond donors (Lipinski definition) is 3. The van der Waals surface area contributed by atoms with Crippen molar-refractivity contribution >= 4 is 70.4 Å². The lowest BCUT2D eigenvalue weighted by Gasteiger charge is -2.50. The molecule has 0 aliphatic carbocycles. The number of rotatable bonds is 9. The van der Waals surface area contributed by atoms with Crippen LogP contribution in [0.4, 0.5) is 0 Å². The molecule has 4 rings (SSSR count). The second kappa shape index (κ2) is 11.7. The van der Waals surface area contributed by atoms with E-state index in [2.05, 4.69) is 10.6 Å². The van der Waals surface area contributed by atoms with Gasteiger partial charge < -0.3 is 25.6 Å². The first-order chi connectivity index (χ1) is 17.7. The Morgan fingerprint density at radius 2 is 2.05 bits per heavy atom. The van der Waals surface area contributed by atoms with Crippen molar-refractivity contribution in [2.45, 2.75) is 22.9 Å². The number of carbonyl (C=O) groups excluding carboxylic acids is 4. The predicted octanol–water partition coefficient (Wildman–Crippen LogP) is 0.157. The lowest BCUT2D eigenvalue weighted by molar-refractivity contribution is -0.689. The summed E-state index contributed by atoms with van der Waals surface area (Å²) in [6.45, 7) is -0.422. The summed E-state index contributed by atoms with van der Waals surface area (Å²) >= 11 is 14.6. The van der Waals surface area contributed by atoms with Crippen molar-refractivity contribution < 1.29 is 34.0 Å². The number of nitrogens with zero attached hydrogens (tertiary/aromatic N) is 2. The third-order valence-corrected chi connectivity index (χ3v) is 8.61. The second-order valence-electron chi connectivity index (χ2n) is 7.99. The summed E-state index contributed by atoms with van der Waals surface area (Å²) in [6, 6.07) is 7.18. The zero-order chi connectivity index (χ0) is 26.7. The lowest BCUT2D eigenvalue weighted by Crippen LogP contribution is -2.71. The predicted molar refractivity (Wildman–Crippen MR) is 135 cm³/mol. The summed E-state index contributed by atoms with van der Waals surface area (Å²) in [5.74, 6) is -2.67. The lowest BCUT2D eigenvalue weighted by atomic mass is 10.0. The molecule has 0 unspecified atom stereocenters. The van der Waals surface area contributed by atoms with Gasteiger partial charge in [0.15, 0.2) is 18.9 Å². The van der Waals surface area contributed by atoms with E-state index < -0.39 is 41.8 Å². The Bertz CT molecular complexity index is 1310. The second-order valence-corrected chi connectivity index (χ2v) is 11.0. The minimum atomic E-state index is -1.50. The number of aliphatic hydroxyl groups is 1. The van der Waals surface area contributed by atoms with E-state index in [1.807, 2.05) is 0 Å². The highest BCUT2D eigenvalue weighted by Crippen LogP contribution is 2.40. The summed E-state index contributed by atoms with van der Waals surface area (Å²) in [6.07, 6.45) is 3.16. The van der Waals surface area contributed by atoms with Crippen LogP contribution in [0.1, 0.15) is 10.4 Å². The number of carboxylic acids is 1. The molecule has 0 radical (unpaired) electrons. The van der Waals surface area contributed by atoms with Crippen LogP contribution < -0.4 is 20.3 Å². The summed E-state index contributed by atoms with van der Waals surface area (Å²) in [4.78, 5) is 51.1. The highest BCUT2D eigenvalue weighted by Gasteiger charge is 2.53. The number of benzene rings is 1. The van der Waals surface area contributed by atoms with Crippen molar-refractivity contribution in [1.29, 1.82) is 0 Å². The van der Waals surface area contributed by atoms with E-state index in [4.69, 9.17) is 28.3 Å². The van der Waals surface area contributed by atoms with E-state index in [1.54, 1.807) is 41.1 Å². The van der Waals surface area contributed by atoms with Crippen molar-refractivity contribution in [1.82, 2.24) is 15.5 Å². The van der Waals surface area contributed by atoms with Crippen molar-refractivity contribution in [3.05, 3.63) is 69.6 Å². The fourth-order valence-corrected chi connectivity index (χ4v) is 6.53. The number of aromatic nitrogens is 1. The standard InChI is InChI=1S/C23H20Cl2N4O6S2/c24-14-3-4-15(25)16(6-14)36-10-17(31)27-18-21(33)29-19(23(34)35)13(9-37-22(18)29)8-28-5-1-2-12(7-28)20(32)26-11-30/h1-7,18,22,30H,8-11H2,(H2-,26,27,31,32,34,35)/t18-,22-/m1/s1. The van der Waals surface area contributed by atoms with Crippen LogP contribution in [0.3, 0.4) is 0 Å². The number of hydrogen-bond acceptors (Lipinski definition) is 8. The Morgan fingerprint density at radius 3 is 2.78 bits per heavy atom. The van der Waals surface area contributed by atoms with Crippen LogP contribution in [0.15, 0.2) is 58.9 Å². The number of halogens is 2. The number of aliphatic hydroxyl groups excluding tert-OH is 1. The molecule has 2 aromatic rings. The van der Waals surface area contributed by atoms with Crippen molar-refractivity contribution in [3.63, 3.8) is 0 Å². The van der Waals surface area contributed by atoms with E-state index in [0.29, 0.717) is 20.5 Å². The molecule has 1 saturated heterocycles. The van der Waals surface area contributed by atoms with Crippen LogP contribution in [0.2, 0.25) is 10.0 Å². The molecule has 194 valence electrons. The van der Waals surface area contributed by atoms with Gasteiger partial charge in [0.1, 0.15) is 23.7 Å². The van der Waals surface area contributed by atoms with Crippen molar-refractivity contribution in [2.24, 2.45) is 0 Å². The number of aliphatic carboxylic acids is 1. The quantitative estimate of drug-likeness (QED) is 0.164. The molecule has 10 nitrogen and oxygen atoms in total. The van der Waals surface area contributed by atoms with E-state index in [-0.39, 0.29) is 29.3 Å². The molecule has 1 aromatic carbocycles. The van der Waals surface area contributed by atoms with Gasteiger partial charge in [-0.25, -0.2) is 4.57 Å². The normalized spacial score (nSPS) is 18.7. The maximum atomic E-state index is 12.9. The molecule has 1 aromatic heterocycles. The Hall–Kier alpha value is -2.77. The molecule has 3 N–H and O–H groups in total. The highest BCUT2D eigenvalue weighted by atomic mass is 35.5. The van der Waals surface area contributed by atoms with E-state index in [1.165, 1.54) is 29.7 Å². The fourth-order valence-electron chi connectivity index (χ4n) is 3.89. The van der Waals surface area contributed by atoms with Crippen molar-refractivity contribution in [3.8, 4) is 0 Å². The molecular weight excluding hydrogens is 563 g/mol. The van der Waals surface area contributed by atoms with Gasteiger partial charge in [0.05, 0.1) is 22.4 Å². The Kier molecular flexibility index (Phi) is 8.65. The summed E-state index contributed by atoms with van der Waals surface area (Å²) in [5.41, 5.74) is 0.459. The summed E-state index contributed by atoms with van der Waals surface area (Å²) in [7, 11) is 0. The molecular formula is C23H20Cl2N4O6S2. The monoisotopic (exact) mass is 582 g/mol. The third-order valence-electron chi connectivity index (χ3n) is 5.54. The van der Waals surface area contributed by atoms with Gasteiger partial charge in [-0.1, -0.05) is 23.2 Å². The molecule has 37 heavy (non-hydrogen) atoms. The van der Waals surface area contributed by atoms with Gasteiger partial charge in [0.2, 0.25) is 5.91 Å². The molecule has 2 atom stereocenters. The summed E-state index contributed by atoms with van der Waals surface area (Å²) in [5, 5.41) is 26.2. The molecule has 0 saturated carbocycles. The summed E-state index contributed by atoms with van der Waals surface area (Å²) < 4.78 is 1.60. The van der Waals surface area contributed by atoms with Gasteiger partial charge in [-0.2, -0.15) is 0 Å². The Morgan fingerprint density at radius 1 is 1.27 bits per heavy atom. The van der Waals surface area contributed by atoms with Gasteiger partial charge >= 0.3 is 0 Å². The number of thioether (sulfide) groups is 2. The minimum Gasteiger partial charge on any atom is -0.543 e. The van der Waals surface area contributed by atoms with Gasteiger partial charge in [-0.15, -0.1) is 23.5 Å². The molecule has 2 aliphatic rings. The molecule has 14 heteroatoms. The van der Waals surface area contributed by atoms with Crippen LogP contribution in [-0.2, 0) is 20.9 Å². The molecule has 1 fully saturated rings. The zero-order valence-corrected chi connectivity index (χ0v) is 22.1. The maximum absolute atomic E-state index is 12.9. The largest absolute Gasteiger partial charge is 0.543 e. The number of amides is 3. The highest BCUT2D eigenvalue weighted by molar-refractivity contribution is 8.00. The number of fused-ring (bicyclic) bond motifs is 1. The van der Waals surface area contributed by atoms with Crippen LogP contribution in [-0.4, -0.2) is 63.3 Å². The zero-order valence-electron chi connectivity index (χ0n) is 19.0. The minimum absolute atomic E-state index is 0.00744. The Labute approximate surface area is 230 Å². The average Bonchev–Trinajstić information content (AvgIpc) is 2.87. The van der Waals surface area contributed by atoms with E-state index >= 15 is 0 Å². The first-order valence-corrected chi connectivity index (χ1v) is 13.6. The van der Waals surface area contributed by atoms with Crippen molar-refractivity contribution in [2.75, 3.05) is 18.2 Å². The molecule has 0 bridgehead atoms. The third kappa shape index (κ3) is 6.04. The molecule has 3 heterocycles. The molecule has 2 aliphatic heterocycles. The van der Waals surface area contributed by atoms with Gasteiger partial charge in [0, 0.05) is 27.3 Å². The Balaban J connectivity index is 1.43. The van der Waals surface area contributed by atoms with E-state index in [0.717, 1.165) is 4.90 Å². The van der Waals surface area contributed by atoms with Crippen LogP contribution in [0, 0.1) is 0 Å². The number of carboxylic acid groups (broad SMARTS) is 1. The van der Waals surface area contributed by atoms with Crippen LogP contribution in [0.5, 0.6) is 0 Å². The van der Waals surface area contributed by atoms with Crippen LogP contribution >= 0.6 is 46.7 Å². The van der Waals surface area contributed by atoms with E-state index in [9.17, 15) is 24.3 Å². The first-order valence-electron chi connectivity index (χ1n) is 10.8. The average molecular weight is 583 g/mol. The topological polar surface area (TPSA) is 143 Å². The number of pyridine rings is 1. The fraction of sp³-hybridized carbons (Fsp3) is 0.261. The van der Waals surface area contributed by atoms with Crippen LogP contribution in [0.25, 0.3) is 0 Å². The number of carbonyl (C=O) groups is 4. The van der Waals surface area contributed by atoms with Gasteiger partial charge in [-0.3, -0.25) is 19.3 Å².